The van der Waals surface area contributed by atoms with E-state index in [0.717, 1.165) is 26.4 Å². The van der Waals surface area contributed by atoms with Crippen LogP contribution in [0.5, 0.6) is 0 Å². The summed E-state index contributed by atoms with van der Waals surface area (Å²) in [4.78, 5) is 0. The second-order valence-corrected chi connectivity index (χ2v) is 6.11. The number of hydrogen-bond donors (Lipinski definition) is 0. The summed E-state index contributed by atoms with van der Waals surface area (Å²) in [5.41, 5.74) is -4.08. The maximum Gasteiger partial charge on any atom is 0.403 e. The lowest BCUT2D eigenvalue weighted by atomic mass is 10.2. The Morgan fingerprint density at radius 1 is 1.19 bits per heavy atom. The van der Waals surface area contributed by atoms with Gasteiger partial charge in [0.25, 0.3) is 0 Å². The van der Waals surface area contributed by atoms with Gasteiger partial charge in [-0.2, -0.15) is 8.78 Å². The average Bonchev–Trinajstić information content (AvgIpc) is 2.28. The van der Waals surface area contributed by atoms with Crippen LogP contribution in [0.3, 0.4) is 0 Å². The maximum atomic E-state index is 13.8. The summed E-state index contributed by atoms with van der Waals surface area (Å²) in [5.74, 6) is 0. The maximum absolute atomic E-state index is 13.8. The summed E-state index contributed by atoms with van der Waals surface area (Å²) in [6.45, 7) is 0. The van der Waals surface area contributed by atoms with Crippen molar-refractivity contribution in [3.63, 3.8) is 0 Å². The third-order valence-corrected chi connectivity index (χ3v) is 4.45. The number of benzene rings is 1. The molecule has 0 unspecified atom stereocenters. The van der Waals surface area contributed by atoms with E-state index in [9.17, 15) is 13.3 Å². The van der Waals surface area contributed by atoms with E-state index in [-0.39, 0.29) is 0 Å². The smallest absolute Gasteiger partial charge is 0.308 e. The van der Waals surface area contributed by atoms with E-state index in [2.05, 4.69) is 25.0 Å². The average molecular weight is 315 g/mol. The number of rotatable bonds is 4. The number of halogens is 3. The molecule has 0 saturated heterocycles. The van der Waals surface area contributed by atoms with Crippen LogP contribution in [0.2, 0.25) is 0 Å². The first-order chi connectivity index (χ1) is 7.37. The van der Waals surface area contributed by atoms with Gasteiger partial charge in [0.2, 0.25) is 0 Å². The minimum atomic E-state index is -4.47. The van der Waals surface area contributed by atoms with Crippen molar-refractivity contribution in [2.45, 2.75) is 5.66 Å². The Kier molecular flexibility index (Phi) is 4.23. The molecule has 0 bridgehead atoms. The molecule has 1 aromatic rings. The van der Waals surface area contributed by atoms with Gasteiger partial charge in [-0.3, -0.25) is 4.57 Å². The SMILES string of the molecule is COP(=O)(OC)C(F)(F)c1ccc(Br)cc1. The molecule has 0 aliphatic carbocycles. The third kappa shape index (κ3) is 2.35. The molecular formula is C9H10BrF2O3P. The molecule has 1 aromatic carbocycles. The Bertz CT molecular complexity index is 400. The van der Waals surface area contributed by atoms with Gasteiger partial charge < -0.3 is 9.05 Å². The quantitative estimate of drug-likeness (QED) is 0.788. The van der Waals surface area contributed by atoms with Crippen molar-refractivity contribution in [3.8, 4) is 0 Å². The van der Waals surface area contributed by atoms with Gasteiger partial charge in [0.1, 0.15) is 0 Å². The van der Waals surface area contributed by atoms with Gasteiger partial charge >= 0.3 is 13.3 Å². The second-order valence-electron chi connectivity index (χ2n) is 2.91. The summed E-state index contributed by atoms with van der Waals surface area (Å²) in [7, 11) is -2.61. The predicted octanol–water partition coefficient (Wildman–Crippen LogP) is 3.98. The van der Waals surface area contributed by atoms with Gasteiger partial charge in [-0.05, 0) is 12.1 Å². The highest BCUT2D eigenvalue weighted by Gasteiger charge is 2.53. The van der Waals surface area contributed by atoms with Crippen molar-refractivity contribution >= 4 is 23.5 Å². The van der Waals surface area contributed by atoms with Crippen LogP contribution in [-0.2, 0) is 19.3 Å². The molecule has 0 aromatic heterocycles. The Morgan fingerprint density at radius 3 is 2.00 bits per heavy atom. The van der Waals surface area contributed by atoms with E-state index < -0.39 is 18.8 Å². The molecular weight excluding hydrogens is 305 g/mol. The molecule has 0 spiro atoms. The van der Waals surface area contributed by atoms with E-state index in [4.69, 9.17) is 0 Å². The van der Waals surface area contributed by atoms with Crippen LogP contribution in [-0.4, -0.2) is 14.2 Å². The van der Waals surface area contributed by atoms with E-state index in [0.29, 0.717) is 4.47 Å². The summed E-state index contributed by atoms with van der Waals surface area (Å²) in [5, 5.41) is 0. The standard InChI is InChI=1S/C9H10BrF2O3P/c1-14-16(13,15-2)9(11,12)7-3-5-8(10)6-4-7/h3-6H,1-2H3. The van der Waals surface area contributed by atoms with Crippen LogP contribution < -0.4 is 0 Å². The van der Waals surface area contributed by atoms with E-state index in [1.807, 2.05) is 0 Å². The first-order valence-corrected chi connectivity index (χ1v) is 6.56. The monoisotopic (exact) mass is 314 g/mol. The van der Waals surface area contributed by atoms with Crippen LogP contribution in [0.25, 0.3) is 0 Å². The van der Waals surface area contributed by atoms with Gasteiger partial charge in [0.15, 0.2) is 0 Å². The summed E-state index contributed by atoms with van der Waals surface area (Å²) >= 11 is 3.12. The van der Waals surface area contributed by atoms with Crippen molar-refractivity contribution in [1.82, 2.24) is 0 Å². The highest BCUT2D eigenvalue weighted by atomic mass is 79.9. The van der Waals surface area contributed by atoms with E-state index >= 15 is 0 Å². The fourth-order valence-corrected chi connectivity index (χ4v) is 2.45. The molecule has 0 amide bonds. The fourth-order valence-electron chi connectivity index (χ4n) is 1.11. The molecule has 0 radical (unpaired) electrons. The molecule has 0 heterocycles. The largest absolute Gasteiger partial charge is 0.403 e. The van der Waals surface area contributed by atoms with Crippen molar-refractivity contribution in [2.24, 2.45) is 0 Å². The Morgan fingerprint density at radius 2 is 1.62 bits per heavy atom. The van der Waals surface area contributed by atoms with Gasteiger partial charge in [-0.15, -0.1) is 0 Å². The van der Waals surface area contributed by atoms with Crippen LogP contribution in [0, 0.1) is 0 Å². The van der Waals surface area contributed by atoms with Crippen LogP contribution >= 0.6 is 23.5 Å². The molecule has 1 rings (SSSR count). The minimum absolute atomic E-state index is 0.414. The van der Waals surface area contributed by atoms with Gasteiger partial charge in [-0.1, -0.05) is 28.1 Å². The molecule has 90 valence electrons. The van der Waals surface area contributed by atoms with Crippen molar-refractivity contribution in [3.05, 3.63) is 34.3 Å². The van der Waals surface area contributed by atoms with Crippen molar-refractivity contribution in [2.75, 3.05) is 14.2 Å². The lowest BCUT2D eigenvalue weighted by Crippen LogP contribution is -2.16. The van der Waals surface area contributed by atoms with Crippen LogP contribution in [0.1, 0.15) is 5.56 Å². The zero-order valence-electron chi connectivity index (χ0n) is 8.62. The minimum Gasteiger partial charge on any atom is -0.308 e. The van der Waals surface area contributed by atoms with Gasteiger partial charge in [0.05, 0.1) is 0 Å². The first kappa shape index (κ1) is 13.8. The van der Waals surface area contributed by atoms with E-state index in [1.165, 1.54) is 12.1 Å². The number of alkyl halides is 2. The van der Waals surface area contributed by atoms with Crippen molar-refractivity contribution < 1.29 is 22.4 Å². The molecule has 0 saturated carbocycles. The normalized spacial score (nSPS) is 12.8. The summed E-state index contributed by atoms with van der Waals surface area (Å²) in [6.07, 6.45) is 0. The zero-order valence-corrected chi connectivity index (χ0v) is 11.1. The predicted molar refractivity (Wildman–Crippen MR) is 59.7 cm³/mol. The zero-order chi connectivity index (χ0) is 12.4. The Labute approximate surface area is 100 Å². The molecule has 0 aliphatic heterocycles. The Balaban J connectivity index is 3.19. The third-order valence-electron chi connectivity index (χ3n) is 2.02. The highest BCUT2D eigenvalue weighted by Crippen LogP contribution is 2.65. The van der Waals surface area contributed by atoms with E-state index in [1.54, 1.807) is 0 Å². The molecule has 0 N–H and O–H groups in total. The molecule has 0 atom stereocenters. The summed E-state index contributed by atoms with van der Waals surface area (Å²) < 4.78 is 48.5. The van der Waals surface area contributed by atoms with Crippen molar-refractivity contribution in [1.29, 1.82) is 0 Å². The molecule has 0 aliphatic rings. The Hall–Kier alpha value is -0.290. The molecule has 0 fully saturated rings. The fraction of sp³-hybridized carbons (Fsp3) is 0.333. The van der Waals surface area contributed by atoms with Crippen LogP contribution in [0.15, 0.2) is 28.7 Å². The lowest BCUT2D eigenvalue weighted by molar-refractivity contribution is 0.0453. The molecule has 7 heteroatoms. The number of hydrogen-bond acceptors (Lipinski definition) is 3. The highest BCUT2D eigenvalue weighted by molar-refractivity contribution is 9.10. The second kappa shape index (κ2) is 4.92. The topological polar surface area (TPSA) is 35.5 Å². The summed E-state index contributed by atoms with van der Waals surface area (Å²) in [6, 6.07) is 5.18. The lowest BCUT2D eigenvalue weighted by Gasteiger charge is -2.23. The molecule has 16 heavy (non-hydrogen) atoms. The van der Waals surface area contributed by atoms with Crippen LogP contribution in [0.4, 0.5) is 8.78 Å². The molecule has 3 nitrogen and oxygen atoms in total. The van der Waals surface area contributed by atoms with Gasteiger partial charge in [-0.25, -0.2) is 0 Å². The van der Waals surface area contributed by atoms with Gasteiger partial charge in [0, 0.05) is 24.3 Å². The first-order valence-electron chi connectivity index (χ1n) is 4.23.